The molecule has 0 saturated carbocycles. The van der Waals surface area contributed by atoms with Crippen LogP contribution in [0.1, 0.15) is 25.7 Å². The topological polar surface area (TPSA) is 273 Å². The number of carboxylic acids is 2. The van der Waals surface area contributed by atoms with Crippen molar-refractivity contribution < 1.29 is 39.3 Å². The normalized spacial score (nSPS) is 14.1. The highest BCUT2D eigenvalue weighted by atomic mass is 32.2. The van der Waals surface area contributed by atoms with Crippen molar-refractivity contribution in [3.05, 3.63) is 0 Å². The van der Waals surface area contributed by atoms with Crippen LogP contribution < -0.4 is 33.2 Å². The summed E-state index contributed by atoms with van der Waals surface area (Å²) >= 11 is 1.38. The van der Waals surface area contributed by atoms with Gasteiger partial charge >= 0.3 is 11.9 Å². The summed E-state index contributed by atoms with van der Waals surface area (Å²) in [6.07, 6.45) is 1.42. The minimum Gasteiger partial charge on any atom is -0.481 e. The molecule has 0 aromatic heterocycles. The fourth-order valence-corrected chi connectivity index (χ4v) is 3.04. The average molecular weight is 508 g/mol. The van der Waals surface area contributed by atoms with E-state index in [1.54, 1.807) is 6.26 Å². The number of aliphatic hydroxyl groups excluding tert-OH is 1. The molecule has 0 radical (unpaired) electrons. The molecule has 0 spiro atoms. The van der Waals surface area contributed by atoms with Crippen LogP contribution in [0.15, 0.2) is 4.99 Å². The molecular weight excluding hydrogens is 474 g/mol. The van der Waals surface area contributed by atoms with Gasteiger partial charge in [-0.1, -0.05) is 0 Å². The number of amides is 3. The molecule has 0 aliphatic rings. The van der Waals surface area contributed by atoms with Crippen molar-refractivity contribution in [3.63, 3.8) is 0 Å². The Morgan fingerprint density at radius 1 is 0.912 bits per heavy atom. The lowest BCUT2D eigenvalue weighted by molar-refractivity contribution is -0.142. The van der Waals surface area contributed by atoms with Crippen LogP contribution >= 0.6 is 11.8 Å². The number of thioether (sulfide) groups is 1. The Labute approximate surface area is 200 Å². The highest BCUT2D eigenvalue weighted by Crippen LogP contribution is 2.04. The summed E-state index contributed by atoms with van der Waals surface area (Å²) in [7, 11) is 0. The van der Waals surface area contributed by atoms with E-state index in [4.69, 9.17) is 22.3 Å². The molecule has 12 N–H and O–H groups in total. The fourth-order valence-electron chi connectivity index (χ4n) is 2.56. The quantitative estimate of drug-likeness (QED) is 0.0519. The van der Waals surface area contributed by atoms with E-state index in [0.29, 0.717) is 5.75 Å². The third-order valence-electron chi connectivity index (χ3n) is 4.35. The van der Waals surface area contributed by atoms with E-state index in [1.807, 2.05) is 0 Å². The molecule has 0 aliphatic carbocycles. The summed E-state index contributed by atoms with van der Waals surface area (Å²) in [4.78, 5) is 63.2. The molecule has 0 aromatic rings. The Morgan fingerprint density at radius 2 is 1.47 bits per heavy atom. The number of hydrogen-bond acceptors (Lipinski definition) is 9. The molecule has 0 bridgehead atoms. The van der Waals surface area contributed by atoms with Gasteiger partial charge in [-0.15, -0.1) is 0 Å². The Morgan fingerprint density at radius 3 is 1.97 bits per heavy atom. The first kappa shape index (κ1) is 30.9. The number of hydrogen-bond donors (Lipinski definition) is 9. The van der Waals surface area contributed by atoms with E-state index in [0.717, 1.165) is 0 Å². The number of guanidine groups is 1. The number of rotatable bonds is 17. The van der Waals surface area contributed by atoms with Crippen molar-refractivity contribution in [2.45, 2.75) is 49.9 Å². The molecule has 194 valence electrons. The highest BCUT2D eigenvalue weighted by molar-refractivity contribution is 7.98. The van der Waals surface area contributed by atoms with E-state index in [1.165, 1.54) is 11.8 Å². The average Bonchev–Trinajstić information content (AvgIpc) is 2.75. The third-order valence-corrected chi connectivity index (χ3v) is 4.99. The minimum absolute atomic E-state index is 0.0145. The number of carbonyl (C=O) groups excluding carboxylic acids is 3. The smallest absolute Gasteiger partial charge is 0.326 e. The van der Waals surface area contributed by atoms with Gasteiger partial charge in [0.2, 0.25) is 17.7 Å². The number of nitrogens with zero attached hydrogens (tertiary/aromatic N) is 1. The van der Waals surface area contributed by atoms with Crippen LogP contribution in [0.5, 0.6) is 0 Å². The Balaban J connectivity index is 5.33. The molecule has 4 unspecified atom stereocenters. The highest BCUT2D eigenvalue weighted by Gasteiger charge is 2.30. The fraction of sp³-hybridized carbons (Fsp3) is 0.667. The molecule has 0 aliphatic heterocycles. The second-order valence-corrected chi connectivity index (χ2v) is 8.12. The van der Waals surface area contributed by atoms with Crippen molar-refractivity contribution in [2.24, 2.45) is 22.2 Å². The first-order valence-electron chi connectivity index (χ1n) is 10.2. The van der Waals surface area contributed by atoms with Crippen molar-refractivity contribution in [1.29, 1.82) is 0 Å². The Hall–Kier alpha value is -3.11. The van der Waals surface area contributed by atoms with Crippen LogP contribution in [0.25, 0.3) is 0 Å². The first-order valence-corrected chi connectivity index (χ1v) is 11.6. The summed E-state index contributed by atoms with van der Waals surface area (Å²) in [6.45, 7) is -0.734. The van der Waals surface area contributed by atoms with Crippen molar-refractivity contribution in [2.75, 3.05) is 25.2 Å². The maximum absolute atomic E-state index is 12.7. The monoisotopic (exact) mass is 507 g/mol. The Kier molecular flexibility index (Phi) is 15.0. The number of aliphatic imine (C=N–C) groups is 1. The number of nitrogens with one attached hydrogen (secondary N) is 3. The maximum atomic E-state index is 12.7. The van der Waals surface area contributed by atoms with Gasteiger partial charge in [-0.2, -0.15) is 11.8 Å². The predicted molar refractivity (Wildman–Crippen MR) is 124 cm³/mol. The second kappa shape index (κ2) is 16.5. The zero-order valence-electron chi connectivity index (χ0n) is 18.7. The van der Waals surface area contributed by atoms with Crippen molar-refractivity contribution >= 4 is 47.4 Å². The van der Waals surface area contributed by atoms with Crippen molar-refractivity contribution in [1.82, 2.24) is 16.0 Å². The molecule has 0 aromatic carbocycles. The van der Waals surface area contributed by atoms with Gasteiger partial charge in [0.05, 0.1) is 19.1 Å². The molecule has 3 amide bonds. The van der Waals surface area contributed by atoms with E-state index in [9.17, 15) is 34.2 Å². The zero-order chi connectivity index (χ0) is 26.3. The van der Waals surface area contributed by atoms with Gasteiger partial charge in [0.1, 0.15) is 18.1 Å². The van der Waals surface area contributed by atoms with Gasteiger partial charge in [-0.3, -0.25) is 24.2 Å². The molecule has 0 heterocycles. The number of aliphatic carboxylic acids is 2. The van der Waals surface area contributed by atoms with Gasteiger partial charge in [0.25, 0.3) is 0 Å². The number of carboxylic acid groups (broad SMARTS) is 2. The molecule has 34 heavy (non-hydrogen) atoms. The van der Waals surface area contributed by atoms with Gasteiger partial charge < -0.3 is 48.5 Å². The largest absolute Gasteiger partial charge is 0.481 e. The van der Waals surface area contributed by atoms with Gasteiger partial charge in [0.15, 0.2) is 5.96 Å². The molecule has 0 fully saturated rings. The lowest BCUT2D eigenvalue weighted by Gasteiger charge is -2.24. The maximum Gasteiger partial charge on any atom is 0.326 e. The van der Waals surface area contributed by atoms with E-state index < -0.39 is 66.9 Å². The van der Waals surface area contributed by atoms with Crippen LogP contribution in [-0.2, 0) is 24.0 Å². The Bertz CT molecular complexity index is 748. The standard InChI is InChI=1S/C18H33N7O8S/c1-34-6-4-11(17(32)33)24-16(31)12(8-26)25-15(30)10(3-2-5-22-18(20)21)23-14(29)9(19)7-13(27)28/h9-12,26H,2-8,19H2,1H3,(H,23,29)(H,24,31)(H,25,30)(H,27,28)(H,32,33)(H4,20,21,22). The molecule has 0 saturated heterocycles. The van der Waals surface area contributed by atoms with E-state index >= 15 is 0 Å². The van der Waals surface area contributed by atoms with Gasteiger partial charge in [-0.25, -0.2) is 4.79 Å². The van der Waals surface area contributed by atoms with Crippen LogP contribution in [0, 0.1) is 0 Å². The summed E-state index contributed by atoms with van der Waals surface area (Å²) in [5, 5.41) is 34.4. The predicted octanol–water partition coefficient (Wildman–Crippen LogP) is -3.87. The SMILES string of the molecule is CSCCC(NC(=O)C(CO)NC(=O)C(CCCN=C(N)N)NC(=O)C(N)CC(=O)O)C(=O)O. The summed E-state index contributed by atoms with van der Waals surface area (Å²) in [6, 6.07) is -5.44. The van der Waals surface area contributed by atoms with Crippen molar-refractivity contribution in [3.8, 4) is 0 Å². The van der Waals surface area contributed by atoms with Crippen LogP contribution in [0.4, 0.5) is 0 Å². The van der Waals surface area contributed by atoms with Crippen LogP contribution in [-0.4, -0.2) is 100 Å². The van der Waals surface area contributed by atoms with Crippen LogP contribution in [0.3, 0.4) is 0 Å². The lowest BCUT2D eigenvalue weighted by Crippen LogP contribution is -2.58. The molecular formula is C18H33N7O8S. The van der Waals surface area contributed by atoms with E-state index in [2.05, 4.69) is 20.9 Å². The number of carbonyl (C=O) groups is 5. The van der Waals surface area contributed by atoms with Crippen LogP contribution in [0.2, 0.25) is 0 Å². The first-order chi connectivity index (χ1) is 15.9. The lowest BCUT2D eigenvalue weighted by atomic mass is 10.1. The van der Waals surface area contributed by atoms with Gasteiger partial charge in [0, 0.05) is 6.54 Å². The molecule has 15 nitrogen and oxygen atoms in total. The second-order valence-electron chi connectivity index (χ2n) is 7.14. The molecule has 16 heteroatoms. The number of nitrogens with two attached hydrogens (primary N) is 3. The minimum atomic E-state index is -1.51. The summed E-state index contributed by atoms with van der Waals surface area (Å²) < 4.78 is 0. The summed E-state index contributed by atoms with van der Waals surface area (Å²) in [5.41, 5.74) is 16.0. The zero-order valence-corrected chi connectivity index (χ0v) is 19.5. The summed E-state index contributed by atoms with van der Waals surface area (Å²) in [5.74, 6) is -5.06. The molecule has 4 atom stereocenters. The number of aliphatic hydroxyl groups is 1. The molecule has 0 rings (SSSR count). The third kappa shape index (κ3) is 12.8. The van der Waals surface area contributed by atoms with E-state index in [-0.39, 0.29) is 31.8 Å². The van der Waals surface area contributed by atoms with Gasteiger partial charge in [-0.05, 0) is 31.3 Å².